The molecule has 1 aromatic carbocycles. The summed E-state index contributed by atoms with van der Waals surface area (Å²) in [6, 6.07) is 6.04. The predicted molar refractivity (Wildman–Crippen MR) is 86.6 cm³/mol. The second-order valence-corrected chi connectivity index (χ2v) is 5.68. The van der Waals surface area contributed by atoms with E-state index in [1.54, 1.807) is 0 Å². The van der Waals surface area contributed by atoms with Gasteiger partial charge < -0.3 is 4.90 Å². The smallest absolute Gasteiger partial charge is 0.150 e. The minimum absolute atomic E-state index is 0.785. The monoisotopic (exact) mass is 443 g/mol. The SMILES string of the molecule is Cc1cc(N(CCI)CCI)ccc1C=O. The van der Waals surface area contributed by atoms with Crippen LogP contribution in [0.15, 0.2) is 18.2 Å². The van der Waals surface area contributed by atoms with Gasteiger partial charge in [-0.05, 0) is 30.7 Å². The van der Waals surface area contributed by atoms with Crippen molar-refractivity contribution in [2.75, 3.05) is 26.8 Å². The molecule has 0 aliphatic carbocycles. The van der Waals surface area contributed by atoms with Gasteiger partial charge in [-0.1, -0.05) is 45.2 Å². The van der Waals surface area contributed by atoms with Crippen LogP contribution in [0.25, 0.3) is 0 Å². The molecule has 88 valence electrons. The highest BCUT2D eigenvalue weighted by Crippen LogP contribution is 2.18. The highest BCUT2D eigenvalue weighted by molar-refractivity contribution is 14.1. The Kier molecular flexibility index (Phi) is 6.64. The Hall–Kier alpha value is 0.150. The quantitative estimate of drug-likeness (QED) is 0.382. The molecule has 1 aromatic rings. The molecule has 0 atom stereocenters. The van der Waals surface area contributed by atoms with Crippen LogP contribution in [0.3, 0.4) is 0 Å². The molecule has 0 fully saturated rings. The molecule has 4 heteroatoms. The summed E-state index contributed by atoms with van der Waals surface area (Å²) in [5.74, 6) is 0. The number of hydrogen-bond donors (Lipinski definition) is 0. The van der Waals surface area contributed by atoms with Crippen LogP contribution >= 0.6 is 45.2 Å². The van der Waals surface area contributed by atoms with E-state index < -0.39 is 0 Å². The lowest BCUT2D eigenvalue weighted by Gasteiger charge is -2.23. The number of anilines is 1. The van der Waals surface area contributed by atoms with Crippen molar-refractivity contribution in [3.8, 4) is 0 Å². The molecule has 2 nitrogen and oxygen atoms in total. The molecule has 0 saturated carbocycles. The Balaban J connectivity index is 2.91. The molecule has 0 bridgehead atoms. The van der Waals surface area contributed by atoms with E-state index >= 15 is 0 Å². The topological polar surface area (TPSA) is 20.3 Å². The summed E-state index contributed by atoms with van der Waals surface area (Å²) < 4.78 is 2.23. The van der Waals surface area contributed by atoms with Crippen LogP contribution in [0.1, 0.15) is 15.9 Å². The van der Waals surface area contributed by atoms with Crippen LogP contribution in [-0.2, 0) is 0 Å². The lowest BCUT2D eigenvalue weighted by molar-refractivity contribution is 0.112. The first-order valence-corrected chi connectivity index (χ1v) is 8.20. The van der Waals surface area contributed by atoms with Crippen molar-refractivity contribution < 1.29 is 4.79 Å². The van der Waals surface area contributed by atoms with E-state index in [0.29, 0.717) is 0 Å². The van der Waals surface area contributed by atoms with Crippen molar-refractivity contribution in [3.05, 3.63) is 29.3 Å². The van der Waals surface area contributed by atoms with E-state index in [0.717, 1.165) is 39.4 Å². The number of alkyl halides is 2. The third-order valence-electron chi connectivity index (χ3n) is 2.45. The third-order valence-corrected chi connectivity index (χ3v) is 3.42. The van der Waals surface area contributed by atoms with Crippen LogP contribution in [-0.4, -0.2) is 28.2 Å². The summed E-state index contributed by atoms with van der Waals surface area (Å²) in [6.45, 7) is 4.10. The number of carbonyl (C=O) groups is 1. The molecular formula is C12H15I2NO. The molecule has 16 heavy (non-hydrogen) atoms. The lowest BCUT2D eigenvalue weighted by atomic mass is 10.1. The first-order chi connectivity index (χ1) is 7.72. The minimum atomic E-state index is 0.785. The van der Waals surface area contributed by atoms with Crippen molar-refractivity contribution in [2.45, 2.75) is 6.92 Å². The molecule has 0 heterocycles. The molecule has 0 aromatic heterocycles. The third kappa shape index (κ3) is 3.87. The predicted octanol–water partition coefficient (Wildman–Crippen LogP) is 3.48. The summed E-state index contributed by atoms with van der Waals surface area (Å²) in [7, 11) is 0. The highest BCUT2D eigenvalue weighted by Gasteiger charge is 2.06. The fraction of sp³-hybridized carbons (Fsp3) is 0.417. The van der Waals surface area contributed by atoms with E-state index in [1.165, 1.54) is 5.69 Å². The number of aldehydes is 1. The van der Waals surface area contributed by atoms with Crippen molar-refractivity contribution in [1.29, 1.82) is 0 Å². The second-order valence-electron chi connectivity index (χ2n) is 3.52. The molecule has 0 aliphatic heterocycles. The largest absolute Gasteiger partial charge is 0.370 e. The van der Waals surface area contributed by atoms with Gasteiger partial charge >= 0.3 is 0 Å². The van der Waals surface area contributed by atoms with Gasteiger partial charge in [0.25, 0.3) is 0 Å². The van der Waals surface area contributed by atoms with Gasteiger partial charge in [-0.3, -0.25) is 4.79 Å². The lowest BCUT2D eigenvalue weighted by Crippen LogP contribution is -2.27. The van der Waals surface area contributed by atoms with Crippen LogP contribution in [0.5, 0.6) is 0 Å². The first-order valence-electron chi connectivity index (χ1n) is 5.15. The van der Waals surface area contributed by atoms with E-state index in [2.05, 4.69) is 56.1 Å². The number of carbonyl (C=O) groups excluding carboxylic acids is 1. The Morgan fingerprint density at radius 3 is 2.31 bits per heavy atom. The van der Waals surface area contributed by atoms with Gasteiger partial charge in [0.1, 0.15) is 6.29 Å². The van der Waals surface area contributed by atoms with Gasteiger partial charge in [-0.2, -0.15) is 0 Å². The van der Waals surface area contributed by atoms with Gasteiger partial charge in [-0.25, -0.2) is 0 Å². The molecule has 0 aliphatic rings. The number of benzene rings is 1. The number of rotatable bonds is 6. The Morgan fingerprint density at radius 1 is 1.25 bits per heavy atom. The van der Waals surface area contributed by atoms with Gasteiger partial charge in [0.05, 0.1) is 0 Å². The average molecular weight is 443 g/mol. The molecule has 0 spiro atoms. The zero-order valence-electron chi connectivity index (χ0n) is 9.25. The van der Waals surface area contributed by atoms with Gasteiger partial charge in [0.2, 0.25) is 0 Å². The van der Waals surface area contributed by atoms with Crippen molar-refractivity contribution in [2.24, 2.45) is 0 Å². The number of halogens is 2. The Bertz CT molecular complexity index is 349. The molecule has 0 amide bonds. The van der Waals surface area contributed by atoms with Gasteiger partial charge in [0.15, 0.2) is 0 Å². The second kappa shape index (κ2) is 7.47. The van der Waals surface area contributed by atoms with E-state index in [9.17, 15) is 4.79 Å². The fourth-order valence-electron chi connectivity index (χ4n) is 1.56. The molecule has 0 radical (unpaired) electrons. The molecule has 0 unspecified atom stereocenters. The van der Waals surface area contributed by atoms with Crippen LogP contribution in [0.2, 0.25) is 0 Å². The molecule has 1 rings (SSSR count). The normalized spacial score (nSPS) is 10.2. The molecule has 0 saturated heterocycles. The number of aryl methyl sites for hydroxylation is 1. The zero-order valence-corrected chi connectivity index (χ0v) is 13.6. The van der Waals surface area contributed by atoms with Crippen LogP contribution in [0.4, 0.5) is 5.69 Å². The first kappa shape index (κ1) is 14.2. The molecule has 0 N–H and O–H groups in total. The maximum absolute atomic E-state index is 10.7. The Morgan fingerprint density at radius 2 is 1.88 bits per heavy atom. The Labute approximate surface area is 124 Å². The van der Waals surface area contributed by atoms with Crippen molar-refractivity contribution in [1.82, 2.24) is 0 Å². The van der Waals surface area contributed by atoms with Crippen LogP contribution in [0, 0.1) is 6.92 Å². The summed E-state index contributed by atoms with van der Waals surface area (Å²) in [5, 5.41) is 0. The fourth-order valence-corrected chi connectivity index (χ4v) is 2.73. The molecular weight excluding hydrogens is 428 g/mol. The minimum Gasteiger partial charge on any atom is -0.370 e. The van der Waals surface area contributed by atoms with E-state index in [4.69, 9.17) is 0 Å². The van der Waals surface area contributed by atoms with Crippen molar-refractivity contribution >= 4 is 57.2 Å². The van der Waals surface area contributed by atoms with E-state index in [-0.39, 0.29) is 0 Å². The van der Waals surface area contributed by atoms with Crippen molar-refractivity contribution in [3.63, 3.8) is 0 Å². The maximum atomic E-state index is 10.7. The summed E-state index contributed by atoms with van der Waals surface area (Å²) in [5.41, 5.74) is 3.06. The average Bonchev–Trinajstić information content (AvgIpc) is 2.28. The maximum Gasteiger partial charge on any atom is 0.150 e. The van der Waals surface area contributed by atoms with Gasteiger partial charge in [0, 0.05) is 33.2 Å². The summed E-state index contributed by atoms with van der Waals surface area (Å²) in [4.78, 5) is 13.1. The highest BCUT2D eigenvalue weighted by atomic mass is 127. The number of nitrogens with zero attached hydrogens (tertiary/aromatic N) is 1. The summed E-state index contributed by atoms with van der Waals surface area (Å²) >= 11 is 4.78. The standard InChI is InChI=1S/C12H15I2NO/c1-10-8-12(3-2-11(10)9-16)15(6-4-13)7-5-14/h2-3,8-9H,4-7H2,1H3. The van der Waals surface area contributed by atoms with Crippen LogP contribution < -0.4 is 4.90 Å². The number of hydrogen-bond acceptors (Lipinski definition) is 2. The van der Waals surface area contributed by atoms with E-state index in [1.807, 2.05) is 19.1 Å². The zero-order chi connectivity index (χ0) is 12.0. The summed E-state index contributed by atoms with van der Waals surface area (Å²) in [6.07, 6.45) is 0.917. The van der Waals surface area contributed by atoms with Gasteiger partial charge in [-0.15, -0.1) is 0 Å².